The van der Waals surface area contributed by atoms with Crippen LogP contribution in [0, 0.1) is 5.41 Å². The van der Waals surface area contributed by atoms with E-state index in [0.717, 1.165) is 64.7 Å². The molecule has 0 saturated heterocycles. The number of carbonyl (C=O) groups excluding carboxylic acids is 1. The maximum absolute atomic E-state index is 13.6. The van der Waals surface area contributed by atoms with Crippen LogP contribution >= 0.6 is 0 Å². The van der Waals surface area contributed by atoms with E-state index in [1.807, 2.05) is 12.1 Å². The highest BCUT2D eigenvalue weighted by Gasteiger charge is 2.43. The number of rotatable bonds is 3. The van der Waals surface area contributed by atoms with E-state index in [9.17, 15) is 4.79 Å². The number of carbonyl (C=O) groups is 1. The molecule has 6 heteroatoms. The summed E-state index contributed by atoms with van der Waals surface area (Å²) in [6.07, 6.45) is 4.56. The molecule has 3 aliphatic heterocycles. The van der Waals surface area contributed by atoms with Crippen LogP contribution in [0.2, 0.25) is 0 Å². The Morgan fingerprint density at radius 3 is 2.56 bits per heavy atom. The number of benzene rings is 2. The van der Waals surface area contributed by atoms with Crippen molar-refractivity contribution in [2.75, 3.05) is 27.6 Å². The van der Waals surface area contributed by atoms with Crippen molar-refractivity contribution in [1.29, 1.82) is 0 Å². The molecule has 34 heavy (non-hydrogen) atoms. The molecule has 0 fully saturated rings. The lowest BCUT2D eigenvalue weighted by Crippen LogP contribution is -2.40. The lowest BCUT2D eigenvalue weighted by molar-refractivity contribution is -0.118. The van der Waals surface area contributed by atoms with Crippen LogP contribution < -0.4 is 18.9 Å². The molecule has 2 aromatic carbocycles. The van der Waals surface area contributed by atoms with Gasteiger partial charge in [-0.25, -0.2) is 0 Å². The minimum Gasteiger partial charge on any atom is -0.493 e. The molecule has 6 rings (SSSR count). The largest absolute Gasteiger partial charge is 0.493 e. The second kappa shape index (κ2) is 7.55. The average Bonchev–Trinajstić information content (AvgIpc) is 3.29. The van der Waals surface area contributed by atoms with E-state index in [1.54, 1.807) is 14.2 Å². The monoisotopic (exact) mass is 459 g/mol. The van der Waals surface area contributed by atoms with Crippen molar-refractivity contribution in [1.82, 2.24) is 4.90 Å². The van der Waals surface area contributed by atoms with Crippen LogP contribution in [0.5, 0.6) is 23.0 Å². The Bertz CT molecular complexity index is 1270. The first-order valence-corrected chi connectivity index (χ1v) is 11.8. The molecule has 0 radical (unpaired) electrons. The lowest BCUT2D eigenvalue weighted by Gasteiger charge is -2.46. The molecule has 0 amide bonds. The fourth-order valence-corrected chi connectivity index (χ4v) is 5.83. The van der Waals surface area contributed by atoms with E-state index in [2.05, 4.69) is 43.0 Å². The second-order valence-corrected chi connectivity index (χ2v) is 10.2. The molecule has 0 N–H and O–H groups in total. The number of hydrogen-bond acceptors (Lipinski definition) is 6. The fraction of sp³-hybridized carbons (Fsp3) is 0.393. The summed E-state index contributed by atoms with van der Waals surface area (Å²) in [5.41, 5.74) is 6.55. The SMILES string of the molecule is COc1cc2c(cc1OC)C1=C[C@H](c3ccc4c(c3)OCO4)C3=C(CC(C)(C)CC3=O)N1CC2. The Labute approximate surface area is 199 Å². The third kappa shape index (κ3) is 3.19. The number of fused-ring (bicyclic) bond motifs is 5. The average molecular weight is 460 g/mol. The van der Waals surface area contributed by atoms with Gasteiger partial charge in [-0.2, -0.15) is 0 Å². The number of nitrogens with zero attached hydrogens (tertiary/aromatic N) is 1. The molecule has 0 bridgehead atoms. The van der Waals surface area contributed by atoms with Gasteiger partial charge in [0.2, 0.25) is 6.79 Å². The summed E-state index contributed by atoms with van der Waals surface area (Å²) >= 11 is 0. The summed E-state index contributed by atoms with van der Waals surface area (Å²) in [6, 6.07) is 10.2. The van der Waals surface area contributed by atoms with Crippen molar-refractivity contribution in [2.45, 2.75) is 39.0 Å². The van der Waals surface area contributed by atoms with Crippen molar-refractivity contribution >= 4 is 11.5 Å². The number of ketones is 1. The Kier molecular flexibility index (Phi) is 4.70. The zero-order chi connectivity index (χ0) is 23.6. The summed E-state index contributed by atoms with van der Waals surface area (Å²) in [7, 11) is 3.33. The smallest absolute Gasteiger partial charge is 0.231 e. The van der Waals surface area contributed by atoms with Crippen molar-refractivity contribution in [3.8, 4) is 23.0 Å². The second-order valence-electron chi connectivity index (χ2n) is 10.2. The van der Waals surface area contributed by atoms with Crippen molar-refractivity contribution in [3.63, 3.8) is 0 Å². The molecule has 4 aliphatic rings. The standard InChI is InChI=1S/C28H29NO5/c1-28(2)13-21-27(22(30)14-28)19(16-5-6-23-26(10-16)34-15-33-23)11-20-18-12-25(32-4)24(31-3)9-17(18)7-8-29(20)21/h5-6,9-12,19H,7-8,13-15H2,1-4H3/t19-/m1/s1. The topological polar surface area (TPSA) is 57.2 Å². The first-order valence-electron chi connectivity index (χ1n) is 11.8. The highest BCUT2D eigenvalue weighted by atomic mass is 16.7. The molecule has 0 aromatic heterocycles. The van der Waals surface area contributed by atoms with E-state index in [1.165, 1.54) is 5.56 Å². The quantitative estimate of drug-likeness (QED) is 0.639. The third-order valence-electron chi connectivity index (χ3n) is 7.39. The van der Waals surface area contributed by atoms with E-state index in [0.29, 0.717) is 12.2 Å². The van der Waals surface area contributed by atoms with E-state index >= 15 is 0 Å². The fourth-order valence-electron chi connectivity index (χ4n) is 5.83. The molecule has 1 atom stereocenters. The van der Waals surface area contributed by atoms with Crippen molar-refractivity contribution in [2.24, 2.45) is 5.41 Å². The van der Waals surface area contributed by atoms with Crippen LogP contribution in [0.1, 0.15) is 49.3 Å². The Morgan fingerprint density at radius 1 is 1.00 bits per heavy atom. The molecule has 0 spiro atoms. The normalized spacial score (nSPS) is 22.0. The van der Waals surface area contributed by atoms with Gasteiger partial charge in [0.15, 0.2) is 28.8 Å². The van der Waals surface area contributed by atoms with E-state index < -0.39 is 0 Å². The van der Waals surface area contributed by atoms with Crippen molar-refractivity contribution < 1.29 is 23.7 Å². The zero-order valence-corrected chi connectivity index (χ0v) is 20.1. The van der Waals surface area contributed by atoms with Crippen LogP contribution in [0.4, 0.5) is 0 Å². The van der Waals surface area contributed by atoms with Crippen LogP contribution in [-0.4, -0.2) is 38.2 Å². The van der Waals surface area contributed by atoms with Gasteiger partial charge in [-0.3, -0.25) is 4.79 Å². The first kappa shape index (κ1) is 21.1. The summed E-state index contributed by atoms with van der Waals surface area (Å²) in [4.78, 5) is 15.9. The van der Waals surface area contributed by atoms with Gasteiger partial charge in [-0.15, -0.1) is 0 Å². The van der Waals surface area contributed by atoms with Crippen LogP contribution in [-0.2, 0) is 11.2 Å². The number of methoxy groups -OCH3 is 2. The Balaban J connectivity index is 1.54. The number of ether oxygens (including phenoxy) is 4. The molecule has 1 aliphatic carbocycles. The Hall–Kier alpha value is -3.41. The lowest BCUT2D eigenvalue weighted by atomic mass is 9.69. The number of Topliss-reactive ketones (excluding diaryl/α,β-unsaturated/α-hetero) is 1. The number of allylic oxidation sites excluding steroid dienone is 3. The van der Waals surface area contributed by atoms with Gasteiger partial charge in [0.1, 0.15) is 0 Å². The molecule has 6 nitrogen and oxygen atoms in total. The summed E-state index contributed by atoms with van der Waals surface area (Å²) in [5, 5.41) is 0. The maximum atomic E-state index is 13.6. The van der Waals surface area contributed by atoms with Gasteiger partial charge in [-0.1, -0.05) is 19.9 Å². The molecule has 0 unspecified atom stereocenters. The zero-order valence-electron chi connectivity index (χ0n) is 20.1. The first-order chi connectivity index (χ1) is 16.4. The van der Waals surface area contributed by atoms with Crippen LogP contribution in [0.25, 0.3) is 5.70 Å². The maximum Gasteiger partial charge on any atom is 0.231 e. The van der Waals surface area contributed by atoms with E-state index in [4.69, 9.17) is 18.9 Å². The molecule has 3 heterocycles. The van der Waals surface area contributed by atoms with Gasteiger partial charge in [0.25, 0.3) is 0 Å². The summed E-state index contributed by atoms with van der Waals surface area (Å²) in [6.45, 7) is 5.45. The minimum atomic E-state index is -0.140. The van der Waals surface area contributed by atoms with Crippen LogP contribution in [0.3, 0.4) is 0 Å². The summed E-state index contributed by atoms with van der Waals surface area (Å²) in [5.74, 6) is 3.04. The van der Waals surface area contributed by atoms with Crippen molar-refractivity contribution in [3.05, 3.63) is 64.4 Å². The molecular formula is C28H29NO5. The van der Waals surface area contributed by atoms with Gasteiger partial charge in [0, 0.05) is 41.4 Å². The van der Waals surface area contributed by atoms with Gasteiger partial charge in [-0.05, 0) is 59.7 Å². The molecule has 2 aromatic rings. The van der Waals surface area contributed by atoms with Gasteiger partial charge < -0.3 is 23.8 Å². The van der Waals surface area contributed by atoms with Gasteiger partial charge >= 0.3 is 0 Å². The van der Waals surface area contributed by atoms with E-state index in [-0.39, 0.29) is 23.9 Å². The molecular weight excluding hydrogens is 430 g/mol. The molecule has 176 valence electrons. The Morgan fingerprint density at radius 2 is 1.76 bits per heavy atom. The molecule has 0 saturated carbocycles. The highest BCUT2D eigenvalue weighted by Crippen LogP contribution is 2.51. The predicted molar refractivity (Wildman–Crippen MR) is 128 cm³/mol. The van der Waals surface area contributed by atoms with Gasteiger partial charge in [0.05, 0.1) is 14.2 Å². The summed E-state index contributed by atoms with van der Waals surface area (Å²) < 4.78 is 22.4. The third-order valence-corrected chi connectivity index (χ3v) is 7.39. The minimum absolute atomic E-state index is 0.0737. The van der Waals surface area contributed by atoms with Crippen LogP contribution in [0.15, 0.2) is 47.7 Å². The predicted octanol–water partition coefficient (Wildman–Crippen LogP) is 5.07. The number of hydrogen-bond donors (Lipinski definition) is 0. The highest BCUT2D eigenvalue weighted by molar-refractivity contribution is 6.01.